The zero-order chi connectivity index (χ0) is 22.0. The van der Waals surface area contributed by atoms with Crippen molar-refractivity contribution in [2.45, 2.75) is 35.6 Å². The number of rotatable bonds is 10. The van der Waals surface area contributed by atoms with Gasteiger partial charge >= 0.3 is 0 Å². The summed E-state index contributed by atoms with van der Waals surface area (Å²) < 4.78 is 0. The highest BCUT2D eigenvalue weighted by atomic mass is 32.2. The van der Waals surface area contributed by atoms with E-state index in [2.05, 4.69) is 69.2 Å². The predicted octanol–water partition coefficient (Wildman–Crippen LogP) is 5.38. The Hall–Kier alpha value is -1.86. The maximum atomic E-state index is 4.62. The molecule has 0 amide bonds. The SMILES string of the molecule is Cc1c(SCCCN2CCN(Cc3ccccc3)CC2)ccnc1CSc1ccccn1. The van der Waals surface area contributed by atoms with Crippen molar-refractivity contribution >= 4 is 23.5 Å². The van der Waals surface area contributed by atoms with Crippen LogP contribution in [0.2, 0.25) is 0 Å². The molecular weight excluding hydrogens is 432 g/mol. The van der Waals surface area contributed by atoms with E-state index in [0.717, 1.165) is 23.1 Å². The van der Waals surface area contributed by atoms with Crippen molar-refractivity contribution in [1.82, 2.24) is 19.8 Å². The van der Waals surface area contributed by atoms with Gasteiger partial charge < -0.3 is 4.90 Å². The molecule has 0 N–H and O–H groups in total. The molecule has 4 rings (SSSR count). The fourth-order valence-electron chi connectivity index (χ4n) is 3.92. The van der Waals surface area contributed by atoms with Gasteiger partial charge in [-0.15, -0.1) is 23.5 Å². The van der Waals surface area contributed by atoms with Crippen LogP contribution < -0.4 is 0 Å². The third-order valence-corrected chi connectivity index (χ3v) is 8.04. The Morgan fingerprint density at radius 3 is 2.38 bits per heavy atom. The molecule has 1 saturated heterocycles. The number of pyridine rings is 2. The Bertz CT molecular complexity index is 945. The molecule has 0 aliphatic carbocycles. The van der Waals surface area contributed by atoms with Crippen LogP contribution in [0.1, 0.15) is 23.2 Å². The van der Waals surface area contributed by atoms with Gasteiger partial charge in [0.1, 0.15) is 0 Å². The molecular formula is C26H32N4S2. The lowest BCUT2D eigenvalue weighted by molar-refractivity contribution is 0.127. The molecule has 168 valence electrons. The Labute approximate surface area is 200 Å². The largest absolute Gasteiger partial charge is 0.301 e. The van der Waals surface area contributed by atoms with E-state index in [1.807, 2.05) is 36.3 Å². The average Bonchev–Trinajstić information content (AvgIpc) is 2.84. The second-order valence-corrected chi connectivity index (χ2v) is 10.3. The number of nitrogens with zero attached hydrogens (tertiary/aromatic N) is 4. The van der Waals surface area contributed by atoms with Crippen LogP contribution in [-0.2, 0) is 12.3 Å². The van der Waals surface area contributed by atoms with Gasteiger partial charge in [-0.1, -0.05) is 36.4 Å². The maximum absolute atomic E-state index is 4.62. The Morgan fingerprint density at radius 2 is 1.59 bits per heavy atom. The minimum atomic E-state index is 0.866. The topological polar surface area (TPSA) is 32.3 Å². The van der Waals surface area contributed by atoms with Crippen LogP contribution in [0.25, 0.3) is 0 Å². The fraction of sp³-hybridized carbons (Fsp3) is 0.385. The Balaban J connectivity index is 1.16. The number of hydrogen-bond acceptors (Lipinski definition) is 6. The molecule has 2 aromatic heterocycles. The highest BCUT2D eigenvalue weighted by Crippen LogP contribution is 2.28. The normalized spacial score (nSPS) is 15.2. The van der Waals surface area contributed by atoms with E-state index in [9.17, 15) is 0 Å². The quantitative estimate of drug-likeness (QED) is 0.296. The molecule has 3 heterocycles. The molecule has 1 aliphatic heterocycles. The molecule has 0 bridgehead atoms. The van der Waals surface area contributed by atoms with Gasteiger partial charge in [0.2, 0.25) is 0 Å². The van der Waals surface area contributed by atoms with E-state index >= 15 is 0 Å². The Morgan fingerprint density at radius 1 is 0.812 bits per heavy atom. The first-order chi connectivity index (χ1) is 15.8. The third-order valence-electron chi connectivity index (χ3n) is 5.84. The maximum Gasteiger partial charge on any atom is 0.0963 e. The minimum Gasteiger partial charge on any atom is -0.301 e. The lowest BCUT2D eigenvalue weighted by Crippen LogP contribution is -2.46. The Kier molecular flexibility index (Phi) is 9.03. The molecule has 1 aromatic carbocycles. The van der Waals surface area contributed by atoms with Crippen LogP contribution >= 0.6 is 23.5 Å². The zero-order valence-corrected chi connectivity index (χ0v) is 20.5. The van der Waals surface area contributed by atoms with Crippen LogP contribution in [0.5, 0.6) is 0 Å². The highest BCUT2D eigenvalue weighted by molar-refractivity contribution is 7.99. The van der Waals surface area contributed by atoms with Crippen LogP contribution in [0.3, 0.4) is 0 Å². The molecule has 0 atom stereocenters. The summed E-state index contributed by atoms with van der Waals surface area (Å²) in [6.45, 7) is 9.17. The standard InChI is InChI=1S/C26H32N4S2/c1-22-24(21-32-26-10-5-6-12-28-26)27-13-11-25(22)31-19-7-14-29-15-17-30(18-16-29)20-23-8-3-2-4-9-23/h2-6,8-13H,7,14-21H2,1H3. The number of hydrogen-bond donors (Lipinski definition) is 0. The van der Waals surface area contributed by atoms with E-state index in [1.54, 1.807) is 11.8 Å². The van der Waals surface area contributed by atoms with Crippen molar-refractivity contribution in [3.05, 3.63) is 83.8 Å². The molecule has 1 fully saturated rings. The highest BCUT2D eigenvalue weighted by Gasteiger charge is 2.16. The number of aromatic nitrogens is 2. The van der Waals surface area contributed by atoms with Crippen molar-refractivity contribution in [3.8, 4) is 0 Å². The summed E-state index contributed by atoms with van der Waals surface area (Å²) in [4.78, 5) is 15.6. The molecule has 3 aromatic rings. The molecule has 0 radical (unpaired) electrons. The molecule has 0 saturated carbocycles. The van der Waals surface area contributed by atoms with Gasteiger partial charge in [0.25, 0.3) is 0 Å². The fourth-order valence-corrected chi connectivity index (χ4v) is 5.79. The van der Waals surface area contributed by atoms with Gasteiger partial charge in [0, 0.05) is 55.8 Å². The van der Waals surface area contributed by atoms with Gasteiger partial charge in [-0.25, -0.2) is 4.98 Å². The lowest BCUT2D eigenvalue weighted by atomic mass is 10.2. The molecule has 1 aliphatic rings. The van der Waals surface area contributed by atoms with Crippen LogP contribution in [-0.4, -0.2) is 58.2 Å². The van der Waals surface area contributed by atoms with Crippen molar-refractivity contribution in [2.75, 3.05) is 38.5 Å². The number of piperazine rings is 1. The first kappa shape index (κ1) is 23.3. The molecule has 32 heavy (non-hydrogen) atoms. The van der Waals surface area contributed by atoms with Gasteiger partial charge in [-0.05, 0) is 55.0 Å². The van der Waals surface area contributed by atoms with Gasteiger partial charge in [-0.2, -0.15) is 0 Å². The van der Waals surface area contributed by atoms with Crippen LogP contribution in [0.15, 0.2) is 76.9 Å². The van der Waals surface area contributed by atoms with E-state index < -0.39 is 0 Å². The first-order valence-corrected chi connectivity index (χ1v) is 13.3. The second kappa shape index (κ2) is 12.4. The summed E-state index contributed by atoms with van der Waals surface area (Å²) in [7, 11) is 0. The predicted molar refractivity (Wildman–Crippen MR) is 136 cm³/mol. The van der Waals surface area contributed by atoms with Crippen molar-refractivity contribution in [3.63, 3.8) is 0 Å². The molecule has 0 unspecified atom stereocenters. The van der Waals surface area contributed by atoms with Crippen molar-refractivity contribution in [1.29, 1.82) is 0 Å². The summed E-state index contributed by atoms with van der Waals surface area (Å²) >= 11 is 3.72. The number of benzene rings is 1. The first-order valence-electron chi connectivity index (χ1n) is 11.4. The van der Waals surface area contributed by atoms with Crippen molar-refractivity contribution in [2.24, 2.45) is 0 Å². The van der Waals surface area contributed by atoms with Gasteiger partial charge in [0.05, 0.1) is 10.7 Å². The second-order valence-electron chi connectivity index (χ2n) is 8.14. The summed E-state index contributed by atoms with van der Waals surface area (Å²) in [6, 6.07) is 19.0. The third kappa shape index (κ3) is 7.07. The lowest BCUT2D eigenvalue weighted by Gasteiger charge is -2.34. The number of thioether (sulfide) groups is 2. The van der Waals surface area contributed by atoms with E-state index in [1.165, 1.54) is 60.9 Å². The molecule has 4 nitrogen and oxygen atoms in total. The zero-order valence-electron chi connectivity index (χ0n) is 18.8. The molecule has 0 spiro atoms. The van der Waals surface area contributed by atoms with E-state index in [-0.39, 0.29) is 0 Å². The van der Waals surface area contributed by atoms with E-state index in [4.69, 9.17) is 0 Å². The summed E-state index contributed by atoms with van der Waals surface area (Å²) in [6.07, 6.45) is 5.02. The van der Waals surface area contributed by atoms with Gasteiger partial charge in [0.15, 0.2) is 0 Å². The molecule has 6 heteroatoms. The summed E-state index contributed by atoms with van der Waals surface area (Å²) in [5, 5.41) is 1.05. The summed E-state index contributed by atoms with van der Waals surface area (Å²) in [5.41, 5.74) is 3.90. The smallest absolute Gasteiger partial charge is 0.0963 e. The minimum absolute atomic E-state index is 0.866. The van der Waals surface area contributed by atoms with Crippen LogP contribution in [0.4, 0.5) is 0 Å². The van der Waals surface area contributed by atoms with Crippen molar-refractivity contribution < 1.29 is 0 Å². The van der Waals surface area contributed by atoms with Gasteiger partial charge in [-0.3, -0.25) is 9.88 Å². The summed E-state index contributed by atoms with van der Waals surface area (Å²) in [5.74, 6) is 2.02. The van der Waals surface area contributed by atoms with E-state index in [0.29, 0.717) is 0 Å². The van der Waals surface area contributed by atoms with Crippen LogP contribution in [0, 0.1) is 6.92 Å². The monoisotopic (exact) mass is 464 g/mol. The average molecular weight is 465 g/mol.